The van der Waals surface area contributed by atoms with Crippen LogP contribution in [-0.4, -0.2) is 8.42 Å². The van der Waals surface area contributed by atoms with E-state index < -0.39 is 10.0 Å². The van der Waals surface area contributed by atoms with Gasteiger partial charge in [-0.25, -0.2) is 17.5 Å². The van der Waals surface area contributed by atoms with Crippen molar-refractivity contribution in [1.82, 2.24) is 4.72 Å². The zero-order valence-electron chi connectivity index (χ0n) is 9.68. The first-order valence-corrected chi connectivity index (χ1v) is 7.58. The molecule has 0 aliphatic heterocycles. The fourth-order valence-electron chi connectivity index (χ4n) is 1.41. The smallest absolute Gasteiger partial charge is 0.207 e. The molecule has 18 heavy (non-hydrogen) atoms. The quantitative estimate of drug-likeness (QED) is 0.938. The highest BCUT2D eigenvalue weighted by Crippen LogP contribution is 2.20. The van der Waals surface area contributed by atoms with Crippen molar-refractivity contribution in [1.29, 1.82) is 0 Å². The van der Waals surface area contributed by atoms with Gasteiger partial charge in [-0.15, -0.1) is 11.3 Å². The molecule has 3 nitrogen and oxygen atoms in total. The van der Waals surface area contributed by atoms with Crippen LogP contribution in [0.25, 0.3) is 0 Å². The first kappa shape index (κ1) is 13.2. The van der Waals surface area contributed by atoms with Crippen LogP contribution in [0.5, 0.6) is 0 Å². The van der Waals surface area contributed by atoms with Crippen LogP contribution in [-0.2, 0) is 16.6 Å². The third-order valence-electron chi connectivity index (χ3n) is 2.36. The van der Waals surface area contributed by atoms with E-state index in [0.717, 1.165) is 4.88 Å². The summed E-state index contributed by atoms with van der Waals surface area (Å²) in [5, 5.41) is 0. The van der Waals surface area contributed by atoms with Crippen LogP contribution in [0.15, 0.2) is 40.6 Å². The second kappa shape index (κ2) is 5.17. The van der Waals surface area contributed by atoms with Crippen LogP contribution >= 0.6 is 11.3 Å². The van der Waals surface area contributed by atoms with Crippen LogP contribution in [0.2, 0.25) is 0 Å². The summed E-state index contributed by atoms with van der Waals surface area (Å²) in [5.74, 6) is -0.338. The standard InChI is InChI=1S/C12H12FNO2S2/c1-9-2-7-12(17-9)18(15,16)14-8-10-3-5-11(13)6-4-10/h2-7,14H,8H2,1H3. The average Bonchev–Trinajstić information content (AvgIpc) is 2.76. The monoisotopic (exact) mass is 285 g/mol. The lowest BCUT2D eigenvalue weighted by atomic mass is 10.2. The Hall–Kier alpha value is -1.24. The minimum atomic E-state index is -3.47. The summed E-state index contributed by atoms with van der Waals surface area (Å²) in [6.07, 6.45) is 0. The van der Waals surface area contributed by atoms with Crippen LogP contribution in [0.1, 0.15) is 10.4 Å². The third-order valence-corrected chi connectivity index (χ3v) is 5.25. The lowest BCUT2D eigenvalue weighted by Gasteiger charge is -2.04. The van der Waals surface area contributed by atoms with Gasteiger partial charge in [0.15, 0.2) is 0 Å². The van der Waals surface area contributed by atoms with E-state index >= 15 is 0 Å². The van der Waals surface area contributed by atoms with Crippen molar-refractivity contribution in [3.8, 4) is 0 Å². The first-order valence-electron chi connectivity index (χ1n) is 5.28. The molecule has 0 bridgehead atoms. The third kappa shape index (κ3) is 3.16. The second-order valence-corrected chi connectivity index (χ2v) is 7.10. The highest BCUT2D eigenvalue weighted by atomic mass is 32.2. The number of thiophene rings is 1. The normalized spacial score (nSPS) is 11.7. The van der Waals surface area contributed by atoms with E-state index in [0.29, 0.717) is 9.77 Å². The summed E-state index contributed by atoms with van der Waals surface area (Å²) in [6, 6.07) is 9.05. The average molecular weight is 285 g/mol. The van der Waals surface area contributed by atoms with Gasteiger partial charge < -0.3 is 0 Å². The molecule has 0 saturated heterocycles. The second-order valence-electron chi connectivity index (χ2n) is 3.82. The Morgan fingerprint density at radius 2 is 1.83 bits per heavy atom. The Morgan fingerprint density at radius 3 is 2.39 bits per heavy atom. The van der Waals surface area contributed by atoms with Crippen LogP contribution < -0.4 is 4.72 Å². The Bertz CT molecular complexity index is 632. The highest BCUT2D eigenvalue weighted by molar-refractivity contribution is 7.91. The van der Waals surface area contributed by atoms with Crippen molar-refractivity contribution >= 4 is 21.4 Å². The van der Waals surface area contributed by atoms with Crippen LogP contribution in [0.3, 0.4) is 0 Å². The maximum Gasteiger partial charge on any atom is 0.250 e. The van der Waals surface area contributed by atoms with Crippen LogP contribution in [0, 0.1) is 12.7 Å². The molecule has 0 radical (unpaired) electrons. The topological polar surface area (TPSA) is 46.2 Å². The molecule has 1 N–H and O–H groups in total. The first-order chi connectivity index (χ1) is 8.47. The summed E-state index contributed by atoms with van der Waals surface area (Å²) < 4.78 is 39.3. The molecule has 0 amide bonds. The van der Waals surface area contributed by atoms with Crippen molar-refractivity contribution < 1.29 is 12.8 Å². The molecule has 96 valence electrons. The zero-order valence-corrected chi connectivity index (χ0v) is 11.3. The molecule has 2 aromatic rings. The fraction of sp³-hybridized carbons (Fsp3) is 0.167. The summed E-state index contributed by atoms with van der Waals surface area (Å²) in [4.78, 5) is 0.942. The Balaban J connectivity index is 2.08. The molecule has 0 aliphatic rings. The van der Waals surface area contributed by atoms with Gasteiger partial charge in [-0.2, -0.15) is 0 Å². The van der Waals surface area contributed by atoms with Crippen molar-refractivity contribution in [2.24, 2.45) is 0 Å². The van der Waals surface area contributed by atoms with Gasteiger partial charge in [0.05, 0.1) is 0 Å². The molecular formula is C12H12FNO2S2. The number of sulfonamides is 1. The zero-order chi connectivity index (χ0) is 13.2. The van der Waals surface area contributed by atoms with E-state index in [4.69, 9.17) is 0 Å². The molecule has 1 heterocycles. The molecule has 0 fully saturated rings. The SMILES string of the molecule is Cc1ccc(S(=O)(=O)NCc2ccc(F)cc2)s1. The number of nitrogens with one attached hydrogen (secondary N) is 1. The summed E-state index contributed by atoms with van der Waals surface area (Å²) in [5.41, 5.74) is 0.716. The van der Waals surface area contributed by atoms with E-state index in [1.807, 2.05) is 6.92 Å². The van der Waals surface area contributed by atoms with E-state index in [2.05, 4.69) is 4.72 Å². The number of hydrogen-bond donors (Lipinski definition) is 1. The van der Waals surface area contributed by atoms with Gasteiger partial charge in [0.25, 0.3) is 0 Å². The minimum Gasteiger partial charge on any atom is -0.207 e. The predicted octanol–water partition coefficient (Wildman–Crippen LogP) is 2.67. The summed E-state index contributed by atoms with van der Waals surface area (Å²) in [7, 11) is -3.47. The predicted molar refractivity (Wildman–Crippen MR) is 69.5 cm³/mol. The number of benzene rings is 1. The van der Waals surface area contributed by atoms with E-state index in [1.54, 1.807) is 24.3 Å². The maximum atomic E-state index is 12.7. The summed E-state index contributed by atoms with van der Waals surface area (Å²) in [6.45, 7) is 2.00. The molecular weight excluding hydrogens is 273 g/mol. The van der Waals surface area contributed by atoms with Gasteiger partial charge >= 0.3 is 0 Å². The maximum absolute atomic E-state index is 12.7. The molecule has 6 heteroatoms. The van der Waals surface area contributed by atoms with Crippen molar-refractivity contribution in [2.45, 2.75) is 17.7 Å². The number of rotatable bonds is 4. The van der Waals surface area contributed by atoms with Crippen molar-refractivity contribution in [2.75, 3.05) is 0 Å². The Morgan fingerprint density at radius 1 is 1.17 bits per heavy atom. The molecule has 0 aliphatic carbocycles. The van der Waals surface area contributed by atoms with E-state index in [9.17, 15) is 12.8 Å². The number of aryl methyl sites for hydroxylation is 1. The van der Waals surface area contributed by atoms with Crippen LogP contribution in [0.4, 0.5) is 4.39 Å². The minimum absolute atomic E-state index is 0.152. The van der Waals surface area contributed by atoms with E-state index in [1.165, 1.54) is 23.5 Å². The largest absolute Gasteiger partial charge is 0.250 e. The Kier molecular flexibility index (Phi) is 3.79. The van der Waals surface area contributed by atoms with Crippen molar-refractivity contribution in [3.05, 3.63) is 52.7 Å². The Labute approximate surface area is 109 Å². The number of hydrogen-bond acceptors (Lipinski definition) is 3. The molecule has 0 atom stereocenters. The molecule has 2 rings (SSSR count). The van der Waals surface area contributed by atoms with Gasteiger partial charge in [0.2, 0.25) is 10.0 Å². The highest BCUT2D eigenvalue weighted by Gasteiger charge is 2.15. The van der Waals surface area contributed by atoms with Gasteiger partial charge in [0, 0.05) is 11.4 Å². The summed E-state index contributed by atoms with van der Waals surface area (Å²) >= 11 is 1.22. The van der Waals surface area contributed by atoms with E-state index in [-0.39, 0.29) is 12.4 Å². The van der Waals surface area contributed by atoms with Gasteiger partial charge in [0.1, 0.15) is 10.0 Å². The van der Waals surface area contributed by atoms with Gasteiger partial charge in [-0.05, 0) is 36.8 Å². The lowest BCUT2D eigenvalue weighted by Crippen LogP contribution is -2.22. The molecule has 1 aromatic carbocycles. The number of halogens is 1. The molecule has 1 aromatic heterocycles. The van der Waals surface area contributed by atoms with Crippen molar-refractivity contribution in [3.63, 3.8) is 0 Å². The fourth-order valence-corrected chi connectivity index (χ4v) is 3.75. The van der Waals surface area contributed by atoms with Gasteiger partial charge in [-0.1, -0.05) is 12.1 Å². The molecule has 0 unspecified atom stereocenters. The van der Waals surface area contributed by atoms with Gasteiger partial charge in [-0.3, -0.25) is 0 Å². The molecule has 0 saturated carbocycles. The lowest BCUT2D eigenvalue weighted by molar-refractivity contribution is 0.583. The molecule has 0 spiro atoms.